The van der Waals surface area contributed by atoms with Crippen molar-refractivity contribution >= 4 is 11.8 Å². The van der Waals surface area contributed by atoms with E-state index in [4.69, 9.17) is 5.73 Å². The molecule has 6 heteroatoms. The van der Waals surface area contributed by atoms with E-state index < -0.39 is 6.04 Å². The van der Waals surface area contributed by atoms with E-state index in [1.807, 2.05) is 13.8 Å². The van der Waals surface area contributed by atoms with Crippen molar-refractivity contribution in [1.29, 1.82) is 0 Å². The minimum Gasteiger partial charge on any atom is -0.343 e. The second-order valence-electron chi connectivity index (χ2n) is 5.41. The summed E-state index contributed by atoms with van der Waals surface area (Å²) in [6.45, 7) is 9.01. The van der Waals surface area contributed by atoms with Gasteiger partial charge in [-0.15, -0.1) is 0 Å². The van der Waals surface area contributed by atoms with Gasteiger partial charge in [-0.05, 0) is 33.6 Å². The van der Waals surface area contributed by atoms with Gasteiger partial charge in [-0.25, -0.2) is 0 Å². The first kappa shape index (κ1) is 16.9. The fourth-order valence-corrected chi connectivity index (χ4v) is 2.47. The average molecular weight is 284 g/mol. The number of piperidine rings is 1. The highest BCUT2D eigenvalue weighted by Crippen LogP contribution is 2.07. The molecule has 1 aliphatic heterocycles. The fraction of sp³-hybridized carbons (Fsp3) is 0.857. The summed E-state index contributed by atoms with van der Waals surface area (Å²) in [5.74, 6) is -0.113. The van der Waals surface area contributed by atoms with Gasteiger partial charge in [0.1, 0.15) is 6.04 Å². The van der Waals surface area contributed by atoms with Crippen LogP contribution in [-0.2, 0) is 9.59 Å². The van der Waals surface area contributed by atoms with Gasteiger partial charge < -0.3 is 16.0 Å². The zero-order valence-electron chi connectivity index (χ0n) is 12.9. The zero-order valence-corrected chi connectivity index (χ0v) is 12.9. The van der Waals surface area contributed by atoms with Crippen LogP contribution < -0.4 is 11.1 Å². The molecule has 20 heavy (non-hydrogen) atoms. The molecule has 0 aromatic carbocycles. The van der Waals surface area contributed by atoms with Crippen LogP contribution in [0.3, 0.4) is 0 Å². The Morgan fingerprint density at radius 3 is 2.35 bits per heavy atom. The van der Waals surface area contributed by atoms with Crippen molar-refractivity contribution in [2.24, 2.45) is 5.73 Å². The van der Waals surface area contributed by atoms with Gasteiger partial charge in [0.15, 0.2) is 0 Å². The summed E-state index contributed by atoms with van der Waals surface area (Å²) in [6.07, 6.45) is 1.86. The lowest BCUT2D eigenvalue weighted by Crippen LogP contribution is -2.50. The third kappa shape index (κ3) is 5.09. The van der Waals surface area contributed by atoms with Crippen molar-refractivity contribution in [2.45, 2.75) is 45.7 Å². The molecule has 1 aliphatic rings. The van der Waals surface area contributed by atoms with Crippen molar-refractivity contribution < 1.29 is 9.59 Å². The highest BCUT2D eigenvalue weighted by molar-refractivity contribution is 5.88. The van der Waals surface area contributed by atoms with Crippen molar-refractivity contribution in [3.8, 4) is 0 Å². The minimum atomic E-state index is -0.463. The molecule has 0 aliphatic carbocycles. The second-order valence-corrected chi connectivity index (χ2v) is 5.41. The Labute approximate surface area is 121 Å². The normalized spacial score (nSPS) is 18.6. The summed E-state index contributed by atoms with van der Waals surface area (Å²) >= 11 is 0. The van der Waals surface area contributed by atoms with E-state index in [2.05, 4.69) is 10.2 Å². The van der Waals surface area contributed by atoms with E-state index in [1.165, 1.54) is 0 Å². The van der Waals surface area contributed by atoms with Crippen molar-refractivity contribution in [3.63, 3.8) is 0 Å². The maximum Gasteiger partial charge on any atom is 0.244 e. The van der Waals surface area contributed by atoms with Gasteiger partial charge in [-0.1, -0.05) is 0 Å². The lowest BCUT2D eigenvalue weighted by atomic mass is 10.1. The fourth-order valence-electron chi connectivity index (χ4n) is 2.47. The topological polar surface area (TPSA) is 78.7 Å². The Balaban J connectivity index is 2.36. The first-order valence-electron chi connectivity index (χ1n) is 7.54. The summed E-state index contributed by atoms with van der Waals surface area (Å²) in [5.41, 5.74) is 5.83. The number of likely N-dealkylation sites (tertiary alicyclic amines) is 1. The SMILES string of the molecule is CCN(CC)C(=O)C(C)NC(=O)CN1CCC(N)CC1. The van der Waals surface area contributed by atoms with E-state index in [9.17, 15) is 9.59 Å². The van der Waals surface area contributed by atoms with Crippen LogP contribution in [-0.4, -0.2) is 66.4 Å². The van der Waals surface area contributed by atoms with E-state index in [-0.39, 0.29) is 17.9 Å². The van der Waals surface area contributed by atoms with Crippen molar-refractivity contribution in [1.82, 2.24) is 15.1 Å². The van der Waals surface area contributed by atoms with Gasteiger partial charge in [0.2, 0.25) is 11.8 Å². The van der Waals surface area contributed by atoms with Crippen LogP contribution in [0.2, 0.25) is 0 Å². The van der Waals surface area contributed by atoms with Gasteiger partial charge in [0.25, 0.3) is 0 Å². The Bertz CT molecular complexity index is 323. The molecule has 3 N–H and O–H groups in total. The highest BCUT2D eigenvalue weighted by Gasteiger charge is 2.22. The third-order valence-electron chi connectivity index (χ3n) is 3.82. The number of nitrogens with zero attached hydrogens (tertiary/aromatic N) is 2. The van der Waals surface area contributed by atoms with Crippen LogP contribution in [0, 0.1) is 0 Å². The summed E-state index contributed by atoms with van der Waals surface area (Å²) in [4.78, 5) is 27.8. The molecule has 1 saturated heterocycles. The number of likely N-dealkylation sites (N-methyl/N-ethyl adjacent to an activating group) is 1. The zero-order chi connectivity index (χ0) is 15.1. The molecule has 1 atom stereocenters. The standard InChI is InChI=1S/C14H28N4O2/c1-4-18(5-2)14(20)11(3)16-13(19)10-17-8-6-12(15)7-9-17/h11-12H,4-10,15H2,1-3H3,(H,16,19). The predicted molar refractivity (Wildman–Crippen MR) is 79.2 cm³/mol. The Kier molecular flexibility index (Phi) is 6.95. The van der Waals surface area contributed by atoms with Crippen molar-refractivity contribution in [3.05, 3.63) is 0 Å². The largest absolute Gasteiger partial charge is 0.343 e. The molecule has 2 amide bonds. The number of hydrogen-bond donors (Lipinski definition) is 2. The van der Waals surface area contributed by atoms with E-state index in [1.54, 1.807) is 11.8 Å². The monoisotopic (exact) mass is 284 g/mol. The summed E-state index contributed by atoms with van der Waals surface area (Å²) < 4.78 is 0. The molecule has 1 fully saturated rings. The molecular weight excluding hydrogens is 256 g/mol. The third-order valence-corrected chi connectivity index (χ3v) is 3.82. The van der Waals surface area contributed by atoms with E-state index >= 15 is 0 Å². The van der Waals surface area contributed by atoms with Crippen molar-refractivity contribution in [2.75, 3.05) is 32.7 Å². The summed E-state index contributed by atoms with van der Waals surface area (Å²) in [5, 5.41) is 2.78. The number of carbonyl (C=O) groups is 2. The number of rotatable bonds is 6. The van der Waals surface area contributed by atoms with Crippen LogP contribution in [0.1, 0.15) is 33.6 Å². The van der Waals surface area contributed by atoms with Crippen LogP contribution in [0.5, 0.6) is 0 Å². The molecule has 116 valence electrons. The number of carbonyl (C=O) groups excluding carboxylic acids is 2. The Hall–Kier alpha value is -1.14. The number of amides is 2. The molecule has 0 aromatic rings. The highest BCUT2D eigenvalue weighted by atomic mass is 16.2. The lowest BCUT2D eigenvalue weighted by molar-refractivity contribution is -0.136. The molecule has 1 rings (SSSR count). The van der Waals surface area contributed by atoms with Crippen LogP contribution in [0.25, 0.3) is 0 Å². The quantitative estimate of drug-likeness (QED) is 0.707. The molecule has 0 aromatic heterocycles. The van der Waals surface area contributed by atoms with Gasteiger partial charge in [0, 0.05) is 32.2 Å². The van der Waals surface area contributed by atoms with E-state index in [0.29, 0.717) is 19.6 Å². The number of nitrogens with one attached hydrogen (secondary N) is 1. The molecule has 1 unspecified atom stereocenters. The lowest BCUT2D eigenvalue weighted by Gasteiger charge is -2.30. The maximum absolute atomic E-state index is 12.1. The first-order chi connectivity index (χ1) is 9.47. The number of hydrogen-bond acceptors (Lipinski definition) is 4. The predicted octanol–water partition coefficient (Wildman–Crippen LogP) is -0.217. The minimum absolute atomic E-state index is 0.0241. The molecule has 0 spiro atoms. The Morgan fingerprint density at radius 1 is 1.30 bits per heavy atom. The smallest absolute Gasteiger partial charge is 0.244 e. The summed E-state index contributed by atoms with van der Waals surface area (Å²) in [7, 11) is 0. The summed E-state index contributed by atoms with van der Waals surface area (Å²) in [6, 6.07) is -0.202. The van der Waals surface area contributed by atoms with Crippen LogP contribution >= 0.6 is 0 Å². The van der Waals surface area contributed by atoms with Gasteiger partial charge >= 0.3 is 0 Å². The van der Waals surface area contributed by atoms with E-state index in [0.717, 1.165) is 25.9 Å². The maximum atomic E-state index is 12.1. The molecule has 0 bridgehead atoms. The van der Waals surface area contributed by atoms with Gasteiger partial charge in [-0.3, -0.25) is 14.5 Å². The Morgan fingerprint density at radius 2 is 1.85 bits per heavy atom. The molecular formula is C14H28N4O2. The molecule has 0 saturated carbocycles. The molecule has 0 radical (unpaired) electrons. The average Bonchev–Trinajstić information content (AvgIpc) is 2.42. The van der Waals surface area contributed by atoms with Crippen LogP contribution in [0.15, 0.2) is 0 Å². The molecule has 6 nitrogen and oxygen atoms in total. The second kappa shape index (κ2) is 8.21. The first-order valence-corrected chi connectivity index (χ1v) is 7.54. The molecule has 1 heterocycles. The van der Waals surface area contributed by atoms with Gasteiger partial charge in [-0.2, -0.15) is 0 Å². The number of nitrogens with two attached hydrogens (primary N) is 1. The van der Waals surface area contributed by atoms with Gasteiger partial charge in [0.05, 0.1) is 6.54 Å². The van der Waals surface area contributed by atoms with Crippen LogP contribution in [0.4, 0.5) is 0 Å².